The summed E-state index contributed by atoms with van der Waals surface area (Å²) in [5, 5.41) is 12.9. The van der Waals surface area contributed by atoms with E-state index in [0.29, 0.717) is 62.2 Å². The number of carbonyl (C=O) groups excluding carboxylic acids is 4. The van der Waals surface area contributed by atoms with Gasteiger partial charge in [0.2, 0.25) is 0 Å². The highest BCUT2D eigenvalue weighted by atomic mass is 35.5. The highest BCUT2D eigenvalue weighted by Gasteiger charge is 2.35. The second-order valence-electron chi connectivity index (χ2n) is 23.9. The van der Waals surface area contributed by atoms with Crippen LogP contribution in [-0.2, 0) is 23.9 Å². The maximum absolute atomic E-state index is 12.6. The van der Waals surface area contributed by atoms with Gasteiger partial charge in [-0.15, -0.1) is 0 Å². The number of methoxy groups -OCH3 is 1. The molecular weight excluding hydrogens is 1280 g/mol. The number of nitrogens with two attached hydrogens (primary N) is 4. The van der Waals surface area contributed by atoms with E-state index < -0.39 is 6.04 Å². The number of aliphatic imine (C=N–C) groups is 4. The van der Waals surface area contributed by atoms with Gasteiger partial charge < -0.3 is 53.7 Å². The van der Waals surface area contributed by atoms with Gasteiger partial charge in [0.05, 0.1) is 27.8 Å². The Labute approximate surface area is 587 Å². The molecule has 12 N–H and O–H groups in total. The molecule has 0 amide bonds. The molecule has 20 heteroatoms. The van der Waals surface area contributed by atoms with E-state index >= 15 is 0 Å². The average molecular weight is 1360 g/mol. The lowest BCUT2D eigenvalue weighted by atomic mass is 9.87. The van der Waals surface area contributed by atoms with Crippen LogP contribution in [0, 0.1) is 34.6 Å². The fourth-order valence-electron chi connectivity index (χ4n) is 12.2. The van der Waals surface area contributed by atoms with Gasteiger partial charge in [0.25, 0.3) is 0 Å². The summed E-state index contributed by atoms with van der Waals surface area (Å²) in [5.41, 5.74) is 42.0. The van der Waals surface area contributed by atoms with E-state index in [1.807, 2.05) is 211 Å². The summed E-state index contributed by atoms with van der Waals surface area (Å²) in [5.74, 6) is 1.27. The van der Waals surface area contributed by atoms with Crippen molar-refractivity contribution in [1.82, 2.24) is 21.3 Å². The topological polar surface area (TPSA) is 288 Å². The number of halogens is 2. The summed E-state index contributed by atoms with van der Waals surface area (Å²) in [7, 11) is 1.50. The molecule has 8 aromatic carbocycles. The molecule has 12 rings (SSSR count). The Kier molecular flexibility index (Phi) is 23.8. The Balaban J connectivity index is 0.000000155. The predicted octanol–water partition coefficient (Wildman–Crippen LogP) is 13.4. The van der Waals surface area contributed by atoms with Gasteiger partial charge in [0.1, 0.15) is 29.9 Å². The standard InChI is InChI=1S/C20H19Cl2N3O3.2C20H21N3O.C19H19N3O/c1-11(26)16-17(12-6-4-3-5-7-12)24-20(23)25-18(16)14-8-13(21)9-15(22)19(14)28-10-27-2;1-12-8-7-9-13(2)16(12)19-17(14(3)24)18(22-20(21)23-19)15-10-5-4-6-11-15;1-12-9-10-16(13(2)11-12)19-17(14(3)24)18(22-20(21)23-19)15-7-5-4-6-8-15;1-12-8-10-15(11-9-12)18-16(13(2)23)17(21-19(20)22-18)14-6-4-3-5-7-14/h3-9,18H,10H2,1-2H3,(H3,23,24,25);2*4-11,19H,1-3H3,(H3,21,22,23);3-11,18H,1-2H3,(H3,20,21,22). The number of hydrogen-bond acceptors (Lipinski definition) is 18. The SMILES string of the molecule is CC(=O)C1=C(c2ccccc2)NC(N)=NC1c1c(C)cccc1C.CC(=O)C1=C(c2ccccc2)NC(N)=NC1c1ccc(C)cc1.CC(=O)C1=C(c2ccccc2)NC(N)=NC1c1ccc(C)cc1C.COCOc1c(Cl)cc(Cl)cc1C1N=C(N)NC(c2ccccc2)=C1C(C)=O. The molecule has 18 nitrogen and oxygen atoms in total. The third kappa shape index (κ3) is 17.3. The maximum atomic E-state index is 12.6. The van der Waals surface area contributed by atoms with Crippen molar-refractivity contribution in [3.8, 4) is 5.75 Å². The molecule has 0 fully saturated rings. The molecule has 99 heavy (non-hydrogen) atoms. The lowest BCUT2D eigenvalue weighted by Gasteiger charge is -2.28. The number of guanidine groups is 4. The number of ether oxygens (including phenoxy) is 2. The van der Waals surface area contributed by atoms with E-state index in [2.05, 4.69) is 47.3 Å². The normalized spacial score (nSPS) is 17.1. The third-order valence-electron chi connectivity index (χ3n) is 16.6. The molecule has 0 radical (unpaired) electrons. The summed E-state index contributed by atoms with van der Waals surface area (Å²) in [6, 6.07) is 60.2. The molecule has 0 saturated heterocycles. The van der Waals surface area contributed by atoms with Crippen molar-refractivity contribution in [2.75, 3.05) is 13.9 Å². The van der Waals surface area contributed by atoms with Crippen LogP contribution in [0.5, 0.6) is 5.75 Å². The molecular formula is C79H80Cl2N12O6. The predicted molar refractivity (Wildman–Crippen MR) is 398 cm³/mol. The molecule has 0 saturated carbocycles. The quantitative estimate of drug-likeness (QED) is 0.0443. The molecule has 4 unspecified atom stereocenters. The Bertz CT molecular complexity index is 4600. The zero-order valence-corrected chi connectivity index (χ0v) is 58.3. The molecule has 0 spiro atoms. The lowest BCUT2D eigenvalue weighted by molar-refractivity contribution is -0.114. The largest absolute Gasteiger partial charge is 0.466 e. The van der Waals surface area contributed by atoms with Crippen molar-refractivity contribution in [1.29, 1.82) is 0 Å². The summed E-state index contributed by atoms with van der Waals surface area (Å²) < 4.78 is 10.6. The molecule has 0 aliphatic carbocycles. The number of nitrogens with zero attached hydrogens (tertiary/aromatic N) is 4. The van der Waals surface area contributed by atoms with Crippen molar-refractivity contribution in [2.24, 2.45) is 42.9 Å². The van der Waals surface area contributed by atoms with E-state index in [1.165, 1.54) is 19.6 Å². The highest BCUT2D eigenvalue weighted by molar-refractivity contribution is 6.35. The first-order chi connectivity index (χ1) is 47.4. The van der Waals surface area contributed by atoms with Gasteiger partial charge >= 0.3 is 0 Å². The zero-order chi connectivity index (χ0) is 71.2. The minimum Gasteiger partial charge on any atom is -0.466 e. The molecule has 0 aromatic heterocycles. The summed E-state index contributed by atoms with van der Waals surface area (Å²) >= 11 is 12.6. The molecule has 4 aliphatic rings. The number of benzene rings is 8. The number of rotatable bonds is 15. The Morgan fingerprint density at radius 1 is 0.404 bits per heavy atom. The fraction of sp³-hybridized carbons (Fsp3) is 0.190. The molecule has 4 heterocycles. The smallest absolute Gasteiger partial charge is 0.194 e. The van der Waals surface area contributed by atoms with Crippen LogP contribution in [0.15, 0.2) is 236 Å². The molecule has 4 atom stereocenters. The van der Waals surface area contributed by atoms with Crippen molar-refractivity contribution < 1.29 is 28.7 Å². The van der Waals surface area contributed by atoms with E-state index in [0.717, 1.165) is 78.3 Å². The molecule has 4 aliphatic heterocycles. The van der Waals surface area contributed by atoms with E-state index in [4.69, 9.17) is 55.6 Å². The third-order valence-corrected chi connectivity index (χ3v) is 17.1. The van der Waals surface area contributed by atoms with Crippen LogP contribution in [0.3, 0.4) is 0 Å². The van der Waals surface area contributed by atoms with Crippen LogP contribution < -0.4 is 48.9 Å². The molecule has 506 valence electrons. The number of ketones is 4. The molecule has 8 aromatic rings. The van der Waals surface area contributed by atoms with Crippen LogP contribution in [-0.4, -0.2) is 60.9 Å². The van der Waals surface area contributed by atoms with Crippen molar-refractivity contribution in [2.45, 2.75) is 86.5 Å². The fourth-order valence-corrected chi connectivity index (χ4v) is 12.7. The first kappa shape index (κ1) is 72.1. The van der Waals surface area contributed by atoms with Crippen LogP contribution >= 0.6 is 23.2 Å². The van der Waals surface area contributed by atoms with Crippen molar-refractivity contribution >= 4 is 93.0 Å². The summed E-state index contributed by atoms with van der Waals surface area (Å²) in [6.45, 7) is 16.4. The zero-order valence-electron chi connectivity index (χ0n) is 56.8. The van der Waals surface area contributed by atoms with E-state index in [-0.39, 0.29) is 59.0 Å². The summed E-state index contributed by atoms with van der Waals surface area (Å²) in [6.07, 6.45) is 0. The van der Waals surface area contributed by atoms with E-state index in [9.17, 15) is 19.2 Å². The Morgan fingerprint density at radius 3 is 1.14 bits per heavy atom. The van der Waals surface area contributed by atoms with Crippen molar-refractivity contribution in [3.05, 3.63) is 299 Å². The van der Waals surface area contributed by atoms with Crippen LogP contribution in [0.2, 0.25) is 10.0 Å². The van der Waals surface area contributed by atoms with E-state index in [1.54, 1.807) is 32.9 Å². The number of nitrogens with one attached hydrogen (secondary N) is 4. The number of carbonyl (C=O) groups is 4. The monoisotopic (exact) mass is 1360 g/mol. The van der Waals surface area contributed by atoms with Gasteiger partial charge in [0, 0.05) is 40.0 Å². The van der Waals surface area contributed by atoms with Gasteiger partial charge in [-0.3, -0.25) is 19.2 Å². The number of hydrogen-bond donors (Lipinski definition) is 8. The van der Waals surface area contributed by atoms with Gasteiger partial charge in [-0.05, 0) is 130 Å². The average Bonchev–Trinajstić information content (AvgIpc) is 0.793. The Hall–Kier alpha value is -11.2. The van der Waals surface area contributed by atoms with Gasteiger partial charge in [-0.1, -0.05) is 216 Å². The lowest BCUT2D eigenvalue weighted by Crippen LogP contribution is -2.37. The van der Waals surface area contributed by atoms with Crippen LogP contribution in [0.1, 0.15) is 124 Å². The first-order valence-electron chi connectivity index (χ1n) is 31.9. The second kappa shape index (κ2) is 32.7. The van der Waals surface area contributed by atoms with Crippen LogP contribution in [0.25, 0.3) is 22.8 Å². The van der Waals surface area contributed by atoms with Gasteiger partial charge in [-0.2, -0.15) is 0 Å². The van der Waals surface area contributed by atoms with Crippen LogP contribution in [0.4, 0.5) is 0 Å². The maximum Gasteiger partial charge on any atom is 0.194 e. The second-order valence-corrected chi connectivity index (χ2v) is 24.8. The molecule has 0 bridgehead atoms. The van der Waals surface area contributed by atoms with Gasteiger partial charge in [0.15, 0.2) is 53.8 Å². The first-order valence-corrected chi connectivity index (χ1v) is 32.6. The number of Topliss-reactive ketones (excluding diaryl/α,β-unsaturated/α-hetero) is 4. The minimum absolute atomic E-state index is 0.00902. The number of aryl methyl sites for hydroxylation is 5. The Morgan fingerprint density at radius 2 is 0.758 bits per heavy atom. The van der Waals surface area contributed by atoms with Gasteiger partial charge in [-0.25, -0.2) is 20.0 Å². The highest BCUT2D eigenvalue weighted by Crippen LogP contribution is 2.44. The summed E-state index contributed by atoms with van der Waals surface area (Å²) in [4.78, 5) is 67.9. The minimum atomic E-state index is -0.739. The van der Waals surface area contributed by atoms with Crippen molar-refractivity contribution in [3.63, 3.8) is 0 Å².